The highest BCUT2D eigenvalue weighted by molar-refractivity contribution is 7.80. The van der Waals surface area contributed by atoms with Crippen molar-refractivity contribution in [1.29, 1.82) is 0 Å². The number of ether oxygens (including phenoxy) is 1. The number of benzene rings is 1. The van der Waals surface area contributed by atoms with Crippen LogP contribution in [0.4, 0.5) is 0 Å². The normalized spacial score (nSPS) is 10.4. The Morgan fingerprint density at radius 3 is 2.71 bits per heavy atom. The first-order chi connectivity index (χ1) is 10.1. The van der Waals surface area contributed by atoms with Gasteiger partial charge in [0.15, 0.2) is 6.73 Å². The molecular formula is C15H19N3O2S. The highest BCUT2D eigenvalue weighted by atomic mass is 32.1. The van der Waals surface area contributed by atoms with Crippen molar-refractivity contribution in [2.75, 3.05) is 12.3 Å². The van der Waals surface area contributed by atoms with Crippen LogP contribution in [0.2, 0.25) is 0 Å². The molecule has 0 fully saturated rings. The van der Waals surface area contributed by atoms with Gasteiger partial charge in [-0.25, -0.2) is 4.68 Å². The molecule has 1 aromatic carbocycles. The first kappa shape index (κ1) is 15.4. The third-order valence-corrected chi connectivity index (χ3v) is 3.05. The lowest BCUT2D eigenvalue weighted by molar-refractivity contribution is 0.0949. The molecule has 0 aliphatic rings. The van der Waals surface area contributed by atoms with E-state index in [0.29, 0.717) is 18.0 Å². The number of aromatic nitrogens is 2. The molecule has 5 nitrogen and oxygen atoms in total. The molecule has 112 valence electrons. The quantitative estimate of drug-likeness (QED) is 0.805. The highest BCUT2D eigenvalue weighted by Gasteiger charge is 2.08. The van der Waals surface area contributed by atoms with E-state index in [2.05, 4.69) is 29.1 Å². The van der Waals surface area contributed by atoms with Crippen molar-refractivity contribution in [2.24, 2.45) is 0 Å². The third kappa shape index (κ3) is 4.53. The fourth-order valence-corrected chi connectivity index (χ4v) is 2.08. The molecular weight excluding hydrogens is 286 g/mol. The molecule has 0 saturated heterocycles. The molecule has 0 spiro atoms. The van der Waals surface area contributed by atoms with Gasteiger partial charge in [0.1, 0.15) is 11.4 Å². The Morgan fingerprint density at radius 2 is 2.05 bits per heavy atom. The predicted molar refractivity (Wildman–Crippen MR) is 85.0 cm³/mol. The average molecular weight is 305 g/mol. The van der Waals surface area contributed by atoms with Gasteiger partial charge in [-0.15, -0.1) is 0 Å². The summed E-state index contributed by atoms with van der Waals surface area (Å²) < 4.78 is 7.28. The number of aryl methyl sites for hydroxylation is 2. The van der Waals surface area contributed by atoms with Gasteiger partial charge in [0.2, 0.25) is 0 Å². The van der Waals surface area contributed by atoms with E-state index in [4.69, 9.17) is 4.74 Å². The van der Waals surface area contributed by atoms with E-state index < -0.39 is 0 Å². The van der Waals surface area contributed by atoms with Crippen LogP contribution >= 0.6 is 12.6 Å². The van der Waals surface area contributed by atoms with Crippen LogP contribution in [0.3, 0.4) is 0 Å². The van der Waals surface area contributed by atoms with Crippen LogP contribution in [0.5, 0.6) is 5.75 Å². The number of hydrogen-bond acceptors (Lipinski definition) is 4. The molecule has 0 radical (unpaired) electrons. The van der Waals surface area contributed by atoms with Crippen LogP contribution < -0.4 is 10.1 Å². The van der Waals surface area contributed by atoms with Gasteiger partial charge in [-0.2, -0.15) is 17.7 Å². The summed E-state index contributed by atoms with van der Waals surface area (Å²) in [6.45, 7) is 4.84. The third-order valence-electron chi connectivity index (χ3n) is 2.83. The van der Waals surface area contributed by atoms with Gasteiger partial charge in [-0.05, 0) is 43.2 Å². The van der Waals surface area contributed by atoms with Crippen molar-refractivity contribution < 1.29 is 9.53 Å². The summed E-state index contributed by atoms with van der Waals surface area (Å²) in [4.78, 5) is 11.7. The van der Waals surface area contributed by atoms with E-state index in [9.17, 15) is 4.79 Å². The van der Waals surface area contributed by atoms with Gasteiger partial charge in [0.25, 0.3) is 5.91 Å². The van der Waals surface area contributed by atoms with Crippen molar-refractivity contribution in [3.8, 4) is 5.75 Å². The maximum Gasteiger partial charge on any atom is 0.271 e. The lowest BCUT2D eigenvalue weighted by Gasteiger charge is -2.08. The zero-order valence-electron chi connectivity index (χ0n) is 12.2. The first-order valence-electron chi connectivity index (χ1n) is 6.72. The minimum Gasteiger partial charge on any atom is -0.471 e. The number of rotatable bonds is 6. The number of nitrogens with one attached hydrogen (secondary N) is 1. The Hall–Kier alpha value is -1.95. The van der Waals surface area contributed by atoms with Crippen molar-refractivity contribution in [1.82, 2.24) is 15.1 Å². The number of thiol groups is 1. The van der Waals surface area contributed by atoms with E-state index in [1.165, 1.54) is 0 Å². The summed E-state index contributed by atoms with van der Waals surface area (Å²) in [6, 6.07) is 7.69. The van der Waals surface area contributed by atoms with Gasteiger partial charge in [-0.1, -0.05) is 6.07 Å². The lowest BCUT2D eigenvalue weighted by atomic mass is 10.1. The molecule has 0 atom stereocenters. The van der Waals surface area contributed by atoms with Gasteiger partial charge in [0, 0.05) is 18.5 Å². The maximum absolute atomic E-state index is 11.7. The zero-order valence-corrected chi connectivity index (χ0v) is 13.1. The molecule has 0 bridgehead atoms. The molecule has 0 unspecified atom stereocenters. The van der Waals surface area contributed by atoms with E-state index >= 15 is 0 Å². The number of nitrogens with zero attached hydrogens (tertiary/aromatic N) is 2. The molecule has 1 heterocycles. The number of amides is 1. The second-order valence-corrected chi connectivity index (χ2v) is 5.26. The van der Waals surface area contributed by atoms with Crippen molar-refractivity contribution in [2.45, 2.75) is 20.6 Å². The number of hydrogen-bond donors (Lipinski definition) is 2. The second kappa shape index (κ2) is 7.17. The van der Waals surface area contributed by atoms with Crippen molar-refractivity contribution in [3.63, 3.8) is 0 Å². The topological polar surface area (TPSA) is 56.1 Å². The summed E-state index contributed by atoms with van der Waals surface area (Å²) in [5, 5.41) is 6.90. The standard InChI is InChI=1S/C15H19N3O2S/c1-11-7-12(2)9-13(8-11)20-10-18-5-3-14(17-18)15(19)16-4-6-21/h3,5,7-9,21H,4,6,10H2,1-2H3,(H,16,19). The minimum atomic E-state index is -0.200. The summed E-state index contributed by atoms with van der Waals surface area (Å²) in [7, 11) is 0. The largest absolute Gasteiger partial charge is 0.471 e. The SMILES string of the molecule is Cc1cc(C)cc(OCn2ccc(C(=O)NCCS)n2)c1. The Morgan fingerprint density at radius 1 is 1.33 bits per heavy atom. The Balaban J connectivity index is 1.95. The molecule has 0 aliphatic carbocycles. The Labute approximate surface area is 129 Å². The molecule has 1 amide bonds. The molecule has 0 aliphatic heterocycles. The van der Waals surface area contributed by atoms with Crippen LogP contribution in [0.25, 0.3) is 0 Å². The number of carbonyl (C=O) groups excluding carboxylic acids is 1. The average Bonchev–Trinajstić information content (AvgIpc) is 2.90. The van der Waals surface area contributed by atoms with Gasteiger partial charge in [0.05, 0.1) is 0 Å². The summed E-state index contributed by atoms with van der Waals surface area (Å²) in [5.74, 6) is 1.20. The van der Waals surface area contributed by atoms with E-state index in [-0.39, 0.29) is 12.6 Å². The Kier molecular flexibility index (Phi) is 5.27. The van der Waals surface area contributed by atoms with E-state index in [1.807, 2.05) is 26.0 Å². The smallest absolute Gasteiger partial charge is 0.271 e. The zero-order chi connectivity index (χ0) is 15.2. The van der Waals surface area contributed by atoms with Crippen molar-refractivity contribution in [3.05, 3.63) is 47.3 Å². The summed E-state index contributed by atoms with van der Waals surface area (Å²) in [6.07, 6.45) is 1.72. The van der Waals surface area contributed by atoms with Crippen LogP contribution in [-0.4, -0.2) is 28.0 Å². The van der Waals surface area contributed by atoms with Crippen LogP contribution in [0.15, 0.2) is 30.5 Å². The van der Waals surface area contributed by atoms with Gasteiger partial charge >= 0.3 is 0 Å². The summed E-state index contributed by atoms with van der Waals surface area (Å²) >= 11 is 4.04. The fourth-order valence-electron chi connectivity index (χ4n) is 1.97. The monoisotopic (exact) mass is 305 g/mol. The molecule has 1 aromatic heterocycles. The molecule has 21 heavy (non-hydrogen) atoms. The van der Waals surface area contributed by atoms with E-state index in [1.54, 1.807) is 16.9 Å². The molecule has 0 saturated carbocycles. The second-order valence-electron chi connectivity index (χ2n) is 4.82. The molecule has 1 N–H and O–H groups in total. The number of carbonyl (C=O) groups is 1. The van der Waals surface area contributed by atoms with Crippen LogP contribution in [-0.2, 0) is 6.73 Å². The van der Waals surface area contributed by atoms with Crippen molar-refractivity contribution >= 4 is 18.5 Å². The molecule has 6 heteroatoms. The molecule has 2 aromatic rings. The first-order valence-corrected chi connectivity index (χ1v) is 7.35. The minimum absolute atomic E-state index is 0.200. The fraction of sp³-hybridized carbons (Fsp3) is 0.333. The van der Waals surface area contributed by atoms with Crippen LogP contribution in [0.1, 0.15) is 21.6 Å². The maximum atomic E-state index is 11.7. The van der Waals surface area contributed by atoms with E-state index in [0.717, 1.165) is 16.9 Å². The van der Waals surface area contributed by atoms with Gasteiger partial charge < -0.3 is 10.1 Å². The lowest BCUT2D eigenvalue weighted by Crippen LogP contribution is -2.25. The molecule has 2 rings (SSSR count). The predicted octanol–water partition coefficient (Wildman–Crippen LogP) is 2.20. The summed E-state index contributed by atoms with van der Waals surface area (Å²) in [5.41, 5.74) is 2.68. The van der Waals surface area contributed by atoms with Crippen LogP contribution in [0, 0.1) is 13.8 Å². The Bertz CT molecular complexity index is 605. The van der Waals surface area contributed by atoms with Gasteiger partial charge in [-0.3, -0.25) is 4.79 Å². The highest BCUT2D eigenvalue weighted by Crippen LogP contribution is 2.16.